The summed E-state index contributed by atoms with van der Waals surface area (Å²) < 4.78 is 0. The Hall–Kier alpha value is -4.13. The van der Waals surface area contributed by atoms with Crippen LogP contribution in [0.25, 0.3) is 0 Å². The lowest BCUT2D eigenvalue weighted by Gasteiger charge is -2.02. The zero-order valence-electron chi connectivity index (χ0n) is 15.3. The van der Waals surface area contributed by atoms with Crippen molar-refractivity contribution in [2.24, 2.45) is 5.10 Å². The molecule has 12 nitrogen and oxygen atoms in total. The normalized spacial score (nSPS) is 10.8. The van der Waals surface area contributed by atoms with Gasteiger partial charge in [0.15, 0.2) is 0 Å². The van der Waals surface area contributed by atoms with Crippen LogP contribution in [0.5, 0.6) is 0 Å². The number of aryl methyl sites for hydroxylation is 1. The van der Waals surface area contributed by atoms with Gasteiger partial charge in [-0.1, -0.05) is 12.1 Å². The second-order valence-corrected chi connectivity index (χ2v) is 6.81. The van der Waals surface area contributed by atoms with Crippen LogP contribution < -0.4 is 5.43 Å². The van der Waals surface area contributed by atoms with Gasteiger partial charge in [-0.2, -0.15) is 5.10 Å². The van der Waals surface area contributed by atoms with Gasteiger partial charge in [-0.25, -0.2) is 10.4 Å². The summed E-state index contributed by atoms with van der Waals surface area (Å²) in [5.74, 6) is -0.0694. The summed E-state index contributed by atoms with van der Waals surface area (Å²) in [5.41, 5.74) is 2.26. The van der Waals surface area contributed by atoms with E-state index in [2.05, 4.69) is 25.7 Å². The summed E-state index contributed by atoms with van der Waals surface area (Å²) in [6.45, 7) is 1.72. The van der Waals surface area contributed by atoms with Gasteiger partial charge in [0.1, 0.15) is 5.82 Å². The minimum atomic E-state index is -0.656. The molecule has 0 aliphatic heterocycles. The molecule has 0 radical (unpaired) electrons. The van der Waals surface area contributed by atoms with Crippen LogP contribution in [0.3, 0.4) is 0 Å². The number of benzene rings is 2. The fraction of sp³-hybridized carbons (Fsp3) is 0.0588. The Bertz CT molecular complexity index is 1160. The van der Waals surface area contributed by atoms with Crippen LogP contribution in [0, 0.1) is 27.2 Å². The van der Waals surface area contributed by atoms with Gasteiger partial charge >= 0.3 is 0 Å². The third-order valence-electron chi connectivity index (χ3n) is 3.66. The van der Waals surface area contributed by atoms with Gasteiger partial charge in [0, 0.05) is 29.3 Å². The molecule has 2 aromatic carbocycles. The molecular weight excluding hydrogens is 414 g/mol. The van der Waals surface area contributed by atoms with Crippen LogP contribution in [0.2, 0.25) is 0 Å². The molecule has 0 atom stereocenters. The van der Waals surface area contributed by atoms with Crippen LogP contribution in [0.1, 0.15) is 21.7 Å². The van der Waals surface area contributed by atoms with Crippen molar-refractivity contribution in [3.05, 3.63) is 79.6 Å². The highest BCUT2D eigenvalue weighted by molar-refractivity contribution is 7.99. The van der Waals surface area contributed by atoms with Gasteiger partial charge in [-0.05, 0) is 30.8 Å². The maximum atomic E-state index is 12.1. The average Bonchev–Trinajstić information content (AvgIpc) is 3.13. The number of aromatic nitrogens is 3. The van der Waals surface area contributed by atoms with Crippen molar-refractivity contribution in [1.82, 2.24) is 20.6 Å². The van der Waals surface area contributed by atoms with E-state index >= 15 is 0 Å². The molecule has 0 aliphatic carbocycles. The minimum Gasteiger partial charge on any atom is -0.267 e. The summed E-state index contributed by atoms with van der Waals surface area (Å²) in [6.07, 6.45) is 1.23. The number of nitrogens with one attached hydrogen (secondary N) is 2. The molecule has 13 heteroatoms. The molecule has 152 valence electrons. The Morgan fingerprint density at radius 1 is 1.20 bits per heavy atom. The zero-order valence-corrected chi connectivity index (χ0v) is 16.1. The maximum Gasteiger partial charge on any atom is 0.283 e. The monoisotopic (exact) mass is 427 g/mol. The maximum absolute atomic E-state index is 12.1. The first kappa shape index (κ1) is 20.6. The number of aromatic amines is 1. The third kappa shape index (κ3) is 5.02. The fourth-order valence-corrected chi connectivity index (χ4v) is 3.15. The summed E-state index contributed by atoms with van der Waals surface area (Å²) in [6, 6.07) is 9.57. The van der Waals surface area contributed by atoms with Crippen molar-refractivity contribution in [3.63, 3.8) is 0 Å². The molecule has 0 fully saturated rings. The number of carbonyl (C=O) groups excluding carboxylic acids is 1. The largest absolute Gasteiger partial charge is 0.283 e. The number of nitrogens with zero attached hydrogens (tertiary/aromatic N) is 5. The quantitative estimate of drug-likeness (QED) is 0.329. The lowest BCUT2D eigenvalue weighted by atomic mass is 10.2. The molecule has 2 N–H and O–H groups in total. The van der Waals surface area contributed by atoms with E-state index in [9.17, 15) is 25.0 Å². The number of hydrogen-bond acceptors (Lipinski definition) is 9. The Balaban J connectivity index is 1.73. The lowest BCUT2D eigenvalue weighted by molar-refractivity contribution is -0.387. The van der Waals surface area contributed by atoms with Crippen molar-refractivity contribution in [3.8, 4) is 0 Å². The van der Waals surface area contributed by atoms with Crippen molar-refractivity contribution >= 4 is 35.3 Å². The number of hydrazone groups is 1. The molecule has 0 saturated carbocycles. The Morgan fingerprint density at radius 2 is 2.00 bits per heavy atom. The topological polar surface area (TPSA) is 169 Å². The number of carbonyl (C=O) groups is 1. The highest BCUT2D eigenvalue weighted by Gasteiger charge is 2.17. The van der Waals surface area contributed by atoms with E-state index in [4.69, 9.17) is 0 Å². The number of hydrogen-bond donors (Lipinski definition) is 2. The molecule has 3 rings (SSSR count). The number of nitro groups is 2. The van der Waals surface area contributed by atoms with E-state index < -0.39 is 15.8 Å². The first-order valence-electron chi connectivity index (χ1n) is 8.26. The molecule has 1 heterocycles. The molecule has 0 aliphatic rings. The van der Waals surface area contributed by atoms with Crippen molar-refractivity contribution in [2.45, 2.75) is 17.0 Å². The SMILES string of the molecule is Cc1nc(Sc2ccc(/C=N\NC(=O)c3cccc([N+](=O)[O-])c3)cc2[N+](=O)[O-])n[nH]1. The number of amides is 1. The van der Waals surface area contributed by atoms with E-state index in [0.29, 0.717) is 21.4 Å². The highest BCUT2D eigenvalue weighted by Crippen LogP contribution is 2.33. The van der Waals surface area contributed by atoms with Gasteiger partial charge in [0.05, 0.1) is 21.0 Å². The Labute approximate surface area is 172 Å². The predicted molar refractivity (Wildman–Crippen MR) is 106 cm³/mol. The van der Waals surface area contributed by atoms with E-state index in [-0.39, 0.29) is 16.9 Å². The average molecular weight is 427 g/mol. The van der Waals surface area contributed by atoms with Crippen molar-refractivity contribution < 1.29 is 14.6 Å². The van der Waals surface area contributed by atoms with Crippen LogP contribution >= 0.6 is 11.8 Å². The number of rotatable bonds is 7. The number of H-pyrrole nitrogens is 1. The van der Waals surface area contributed by atoms with E-state index in [1.165, 1.54) is 36.5 Å². The van der Waals surface area contributed by atoms with Gasteiger partial charge < -0.3 is 0 Å². The zero-order chi connectivity index (χ0) is 21.7. The summed E-state index contributed by atoms with van der Waals surface area (Å²) in [4.78, 5) is 37.5. The standard InChI is InChI=1S/C17H13N7O5S/c1-10-19-17(22-20-10)30-15-6-5-11(7-14(15)24(28)29)9-18-21-16(25)12-3-2-4-13(8-12)23(26)27/h2-9H,1H3,(H,21,25)(H,19,20,22)/b18-9-. The molecule has 0 saturated heterocycles. The predicted octanol–water partition coefficient (Wildman–Crippen LogP) is 2.84. The Kier molecular flexibility index (Phi) is 6.12. The van der Waals surface area contributed by atoms with Crippen LogP contribution in [0.15, 0.2) is 57.6 Å². The van der Waals surface area contributed by atoms with Gasteiger partial charge in [-0.3, -0.25) is 30.1 Å². The van der Waals surface area contributed by atoms with Crippen molar-refractivity contribution in [1.29, 1.82) is 0 Å². The molecule has 30 heavy (non-hydrogen) atoms. The molecular formula is C17H13N7O5S. The lowest BCUT2D eigenvalue weighted by Crippen LogP contribution is -2.17. The summed E-state index contributed by atoms with van der Waals surface area (Å²) in [7, 11) is 0. The Morgan fingerprint density at radius 3 is 2.67 bits per heavy atom. The minimum absolute atomic E-state index is 0.0564. The van der Waals surface area contributed by atoms with Crippen molar-refractivity contribution in [2.75, 3.05) is 0 Å². The van der Waals surface area contributed by atoms with Crippen LogP contribution in [-0.2, 0) is 0 Å². The number of nitro benzene ring substituents is 2. The molecule has 0 unspecified atom stereocenters. The van der Waals surface area contributed by atoms with E-state index in [1.54, 1.807) is 13.0 Å². The number of non-ortho nitro benzene ring substituents is 1. The molecule has 3 aromatic rings. The molecule has 1 amide bonds. The first-order valence-corrected chi connectivity index (χ1v) is 9.08. The van der Waals surface area contributed by atoms with Crippen LogP contribution in [-0.4, -0.2) is 37.1 Å². The molecule has 0 bridgehead atoms. The van der Waals surface area contributed by atoms with Gasteiger partial charge in [0.2, 0.25) is 5.16 Å². The summed E-state index contributed by atoms with van der Waals surface area (Å²) in [5, 5.41) is 32.9. The van der Waals surface area contributed by atoms with Gasteiger partial charge in [-0.15, -0.1) is 5.10 Å². The second-order valence-electron chi connectivity index (χ2n) is 5.80. The first-order chi connectivity index (χ1) is 14.3. The van der Waals surface area contributed by atoms with E-state index in [1.807, 2.05) is 0 Å². The highest BCUT2D eigenvalue weighted by atomic mass is 32.2. The van der Waals surface area contributed by atoms with Gasteiger partial charge in [0.25, 0.3) is 17.3 Å². The molecule has 1 aromatic heterocycles. The fourth-order valence-electron chi connectivity index (χ4n) is 2.30. The smallest absolute Gasteiger partial charge is 0.267 e. The second kappa shape index (κ2) is 8.91. The summed E-state index contributed by atoms with van der Waals surface area (Å²) >= 11 is 1.04. The molecule has 0 spiro atoms. The third-order valence-corrected chi connectivity index (χ3v) is 4.59. The van der Waals surface area contributed by atoms with Crippen LogP contribution in [0.4, 0.5) is 11.4 Å². The van der Waals surface area contributed by atoms with E-state index in [0.717, 1.165) is 17.8 Å².